The van der Waals surface area contributed by atoms with Crippen molar-refractivity contribution in [3.63, 3.8) is 0 Å². The van der Waals surface area contributed by atoms with E-state index in [9.17, 15) is 30.8 Å². The minimum atomic E-state index is -4.83. The van der Waals surface area contributed by atoms with Crippen LogP contribution >= 0.6 is 11.6 Å². The average Bonchev–Trinajstić information content (AvgIpc) is 2.58. The molecule has 0 saturated heterocycles. The summed E-state index contributed by atoms with van der Waals surface area (Å²) in [6.07, 6.45) is -5.50. The van der Waals surface area contributed by atoms with E-state index in [0.29, 0.717) is 5.02 Å². The van der Waals surface area contributed by atoms with Crippen LogP contribution in [0.15, 0.2) is 53.4 Å². The third-order valence-electron chi connectivity index (χ3n) is 3.61. The Morgan fingerprint density at radius 1 is 1.04 bits per heavy atom. The van der Waals surface area contributed by atoms with Crippen LogP contribution in [0.1, 0.15) is 18.0 Å². The lowest BCUT2D eigenvalue weighted by Gasteiger charge is -2.22. The summed E-state index contributed by atoms with van der Waals surface area (Å²) in [5, 5.41) is 2.07. The van der Waals surface area contributed by atoms with Crippen molar-refractivity contribution in [1.82, 2.24) is 5.32 Å². The fourth-order valence-corrected chi connectivity index (χ4v) is 3.60. The first-order chi connectivity index (χ1) is 12.5. The van der Waals surface area contributed by atoms with Crippen molar-refractivity contribution >= 4 is 27.3 Å². The van der Waals surface area contributed by atoms with Crippen LogP contribution in [0.25, 0.3) is 0 Å². The zero-order valence-corrected chi connectivity index (χ0v) is 15.2. The van der Waals surface area contributed by atoms with Gasteiger partial charge in [-0.05, 0) is 42.0 Å². The molecule has 0 spiro atoms. The van der Waals surface area contributed by atoms with E-state index in [1.807, 2.05) is 0 Å². The van der Waals surface area contributed by atoms with Crippen LogP contribution in [0.3, 0.4) is 0 Å². The standard InChI is InChI=1S/C17H14ClF4NO3S/c18-12-3-7-14(8-4-12)27(25,26)10-9-15(24)23-16(17(20,21)22)11-1-5-13(19)6-2-11/h1-8,16H,9-10H2,(H,23,24). The Balaban J connectivity index is 2.07. The first-order valence-corrected chi connectivity index (χ1v) is 9.62. The summed E-state index contributed by atoms with van der Waals surface area (Å²) in [6.45, 7) is 0. The quantitative estimate of drug-likeness (QED) is 0.713. The molecule has 1 N–H and O–H groups in total. The lowest BCUT2D eigenvalue weighted by Crippen LogP contribution is -2.38. The summed E-state index contributed by atoms with van der Waals surface area (Å²) in [4.78, 5) is 11.8. The number of nitrogens with one attached hydrogen (secondary N) is 1. The molecule has 1 atom stereocenters. The van der Waals surface area contributed by atoms with Crippen molar-refractivity contribution < 1.29 is 30.8 Å². The van der Waals surface area contributed by atoms with Crippen molar-refractivity contribution in [1.29, 1.82) is 0 Å². The smallest absolute Gasteiger partial charge is 0.341 e. The highest BCUT2D eigenvalue weighted by atomic mass is 35.5. The lowest BCUT2D eigenvalue weighted by atomic mass is 10.1. The summed E-state index contributed by atoms with van der Waals surface area (Å²) >= 11 is 5.67. The van der Waals surface area contributed by atoms with Crippen LogP contribution in [-0.4, -0.2) is 26.3 Å². The first kappa shape index (κ1) is 21.2. The molecular weight excluding hydrogens is 410 g/mol. The molecule has 0 aliphatic heterocycles. The zero-order chi connectivity index (χ0) is 20.2. The molecule has 10 heteroatoms. The van der Waals surface area contributed by atoms with Crippen LogP contribution in [-0.2, 0) is 14.6 Å². The van der Waals surface area contributed by atoms with Gasteiger partial charge >= 0.3 is 6.18 Å². The van der Waals surface area contributed by atoms with Gasteiger partial charge in [-0.15, -0.1) is 0 Å². The lowest BCUT2D eigenvalue weighted by molar-refractivity contribution is -0.163. The maximum Gasteiger partial charge on any atom is 0.412 e. The number of sulfone groups is 1. The van der Waals surface area contributed by atoms with Crippen molar-refractivity contribution in [3.05, 3.63) is 64.9 Å². The molecule has 4 nitrogen and oxygen atoms in total. The summed E-state index contributed by atoms with van der Waals surface area (Å²) < 4.78 is 76.8. The summed E-state index contributed by atoms with van der Waals surface area (Å²) in [5.41, 5.74) is -0.363. The van der Waals surface area contributed by atoms with E-state index in [1.54, 1.807) is 5.32 Å². The minimum absolute atomic E-state index is 0.0920. The van der Waals surface area contributed by atoms with E-state index < -0.39 is 46.0 Å². The molecule has 2 aromatic carbocycles. The highest BCUT2D eigenvalue weighted by Crippen LogP contribution is 2.32. The highest BCUT2D eigenvalue weighted by molar-refractivity contribution is 7.91. The molecule has 2 rings (SSSR count). The predicted molar refractivity (Wildman–Crippen MR) is 91.5 cm³/mol. The Morgan fingerprint density at radius 3 is 2.11 bits per heavy atom. The fourth-order valence-electron chi connectivity index (χ4n) is 2.23. The van der Waals surface area contributed by atoms with Crippen LogP contribution < -0.4 is 5.32 Å². The van der Waals surface area contributed by atoms with Crippen LogP contribution in [0, 0.1) is 5.82 Å². The topological polar surface area (TPSA) is 63.2 Å². The van der Waals surface area contributed by atoms with Crippen molar-refractivity contribution in [2.75, 3.05) is 5.75 Å². The van der Waals surface area contributed by atoms with Gasteiger partial charge in [0, 0.05) is 11.4 Å². The Kier molecular flexibility index (Phi) is 6.48. The van der Waals surface area contributed by atoms with Gasteiger partial charge in [-0.1, -0.05) is 23.7 Å². The molecule has 0 fully saturated rings. The van der Waals surface area contributed by atoms with Crippen LogP contribution in [0.5, 0.6) is 0 Å². The second kappa shape index (κ2) is 8.26. The number of hydrogen-bond acceptors (Lipinski definition) is 3. The highest BCUT2D eigenvalue weighted by Gasteiger charge is 2.41. The summed E-state index contributed by atoms with van der Waals surface area (Å²) in [7, 11) is -3.86. The molecule has 2 aromatic rings. The van der Waals surface area contributed by atoms with Gasteiger partial charge in [-0.3, -0.25) is 4.79 Å². The third kappa shape index (κ3) is 5.93. The molecule has 0 aliphatic rings. The van der Waals surface area contributed by atoms with Gasteiger partial charge in [0.25, 0.3) is 0 Å². The number of halogens is 5. The predicted octanol–water partition coefficient (Wildman–Crippen LogP) is 4.06. The molecule has 0 radical (unpaired) electrons. The number of carbonyl (C=O) groups is 1. The molecule has 1 unspecified atom stereocenters. The SMILES string of the molecule is O=C(CCS(=O)(=O)c1ccc(Cl)cc1)NC(c1ccc(F)cc1)C(F)(F)F. The van der Waals surface area contributed by atoms with Crippen molar-refractivity contribution in [2.24, 2.45) is 0 Å². The number of benzene rings is 2. The van der Waals surface area contributed by atoms with Crippen molar-refractivity contribution in [3.8, 4) is 0 Å². The number of hydrogen-bond donors (Lipinski definition) is 1. The normalized spacial score (nSPS) is 13.2. The van der Waals surface area contributed by atoms with E-state index in [0.717, 1.165) is 24.3 Å². The maximum absolute atomic E-state index is 13.2. The molecular formula is C17H14ClF4NO3S. The van der Waals surface area contributed by atoms with E-state index in [1.165, 1.54) is 24.3 Å². The van der Waals surface area contributed by atoms with Crippen LogP contribution in [0.2, 0.25) is 5.02 Å². The molecule has 27 heavy (non-hydrogen) atoms. The monoisotopic (exact) mass is 423 g/mol. The Labute approximate surface area is 158 Å². The Morgan fingerprint density at radius 2 is 1.59 bits per heavy atom. The zero-order valence-electron chi connectivity index (χ0n) is 13.6. The summed E-state index contributed by atoms with van der Waals surface area (Å²) in [5.74, 6) is -2.49. The van der Waals surface area contributed by atoms with Gasteiger partial charge in [0.05, 0.1) is 10.6 Å². The molecule has 146 valence electrons. The van der Waals surface area contributed by atoms with E-state index in [-0.39, 0.29) is 10.5 Å². The second-order valence-corrected chi connectivity index (χ2v) is 8.16. The number of alkyl halides is 3. The molecule has 0 aliphatic carbocycles. The third-order valence-corrected chi connectivity index (χ3v) is 5.59. The Bertz CT molecular complexity index is 897. The van der Waals surface area contributed by atoms with Crippen LogP contribution in [0.4, 0.5) is 17.6 Å². The van der Waals surface area contributed by atoms with E-state index in [4.69, 9.17) is 11.6 Å². The maximum atomic E-state index is 13.2. The van der Waals surface area contributed by atoms with Gasteiger partial charge in [-0.25, -0.2) is 12.8 Å². The fraction of sp³-hybridized carbons (Fsp3) is 0.235. The molecule has 0 bridgehead atoms. The minimum Gasteiger partial charge on any atom is -0.341 e. The van der Waals surface area contributed by atoms with Gasteiger partial charge in [0.2, 0.25) is 5.91 Å². The van der Waals surface area contributed by atoms with Gasteiger partial charge in [0.1, 0.15) is 5.82 Å². The number of amides is 1. The molecule has 1 amide bonds. The van der Waals surface area contributed by atoms with Gasteiger partial charge in [-0.2, -0.15) is 13.2 Å². The molecule has 0 heterocycles. The number of carbonyl (C=O) groups excluding carboxylic acids is 1. The average molecular weight is 424 g/mol. The molecule has 0 saturated carbocycles. The van der Waals surface area contributed by atoms with E-state index in [2.05, 4.69) is 0 Å². The van der Waals surface area contributed by atoms with Crippen molar-refractivity contribution in [2.45, 2.75) is 23.5 Å². The molecule has 0 aromatic heterocycles. The first-order valence-electron chi connectivity index (χ1n) is 7.59. The van der Waals surface area contributed by atoms with Gasteiger partial charge in [0.15, 0.2) is 15.9 Å². The summed E-state index contributed by atoms with van der Waals surface area (Å²) in [6, 6.07) is 6.29. The van der Waals surface area contributed by atoms with Gasteiger partial charge < -0.3 is 5.32 Å². The largest absolute Gasteiger partial charge is 0.412 e. The second-order valence-electron chi connectivity index (χ2n) is 5.62. The van der Waals surface area contributed by atoms with E-state index >= 15 is 0 Å². The Hall–Kier alpha value is -2.13. The number of rotatable bonds is 6.